The quantitative estimate of drug-likeness (QED) is 0.903. The Balaban J connectivity index is 1.86. The number of nitrogens with two attached hydrogens (primary N) is 1. The molecule has 0 aliphatic carbocycles. The van der Waals surface area contributed by atoms with Crippen LogP contribution in [0.3, 0.4) is 0 Å². The Bertz CT molecular complexity index is 543. The first kappa shape index (κ1) is 11.7. The molecular weight excluding hydrogens is 250 g/mol. The molecule has 0 spiro atoms. The van der Waals surface area contributed by atoms with Crippen LogP contribution in [-0.2, 0) is 4.74 Å². The molecule has 6 heteroatoms. The van der Waals surface area contributed by atoms with E-state index in [0.717, 1.165) is 47.3 Å². The highest BCUT2D eigenvalue weighted by Gasteiger charge is 2.22. The largest absolute Gasteiger partial charge is 0.391 e. The van der Waals surface area contributed by atoms with Gasteiger partial charge >= 0.3 is 0 Å². The van der Waals surface area contributed by atoms with Crippen molar-refractivity contribution in [3.63, 3.8) is 0 Å². The van der Waals surface area contributed by atoms with Crippen LogP contribution in [0.25, 0.3) is 10.8 Å². The molecule has 0 unspecified atom stereocenters. The summed E-state index contributed by atoms with van der Waals surface area (Å²) < 4.78 is 10.7. The highest BCUT2D eigenvalue weighted by Crippen LogP contribution is 2.34. The zero-order chi connectivity index (χ0) is 12.5. The number of hydrogen-bond acceptors (Lipinski definition) is 6. The van der Waals surface area contributed by atoms with Gasteiger partial charge in [-0.1, -0.05) is 5.16 Å². The number of thiophene rings is 1. The zero-order valence-electron chi connectivity index (χ0n) is 10.2. The number of anilines is 1. The van der Waals surface area contributed by atoms with Crippen LogP contribution in [0.1, 0.15) is 30.1 Å². The van der Waals surface area contributed by atoms with E-state index in [1.54, 1.807) is 0 Å². The topological polar surface area (TPSA) is 74.2 Å². The number of ether oxygens (including phenoxy) is 1. The Hall–Kier alpha value is -1.40. The third-order valence-electron chi connectivity index (χ3n) is 3.16. The minimum Gasteiger partial charge on any atom is -0.391 e. The maximum absolute atomic E-state index is 5.78. The molecule has 0 radical (unpaired) electrons. The minimum atomic E-state index is 0.355. The van der Waals surface area contributed by atoms with Gasteiger partial charge in [-0.2, -0.15) is 4.98 Å². The van der Waals surface area contributed by atoms with Crippen LogP contribution in [0.5, 0.6) is 0 Å². The molecule has 2 aromatic heterocycles. The number of aryl methyl sites for hydroxylation is 1. The Morgan fingerprint density at radius 3 is 2.83 bits per heavy atom. The van der Waals surface area contributed by atoms with Crippen molar-refractivity contribution in [2.45, 2.75) is 25.7 Å². The Morgan fingerprint density at radius 1 is 1.39 bits per heavy atom. The number of nitrogen functional groups attached to an aromatic ring is 1. The first-order valence-corrected chi connectivity index (χ1v) is 6.83. The van der Waals surface area contributed by atoms with E-state index in [2.05, 4.69) is 10.1 Å². The van der Waals surface area contributed by atoms with Crippen molar-refractivity contribution in [1.29, 1.82) is 0 Å². The van der Waals surface area contributed by atoms with E-state index in [1.807, 2.05) is 13.0 Å². The van der Waals surface area contributed by atoms with E-state index in [9.17, 15) is 0 Å². The molecule has 18 heavy (non-hydrogen) atoms. The molecule has 1 fully saturated rings. The predicted octanol–water partition coefficient (Wildman–Crippen LogP) is 2.58. The van der Waals surface area contributed by atoms with Crippen molar-refractivity contribution in [3.8, 4) is 10.8 Å². The van der Waals surface area contributed by atoms with Gasteiger partial charge in [0.2, 0.25) is 0 Å². The average Bonchev–Trinajstić information content (AvgIpc) is 2.97. The lowest BCUT2D eigenvalue weighted by molar-refractivity contribution is 0.0830. The molecule has 0 amide bonds. The summed E-state index contributed by atoms with van der Waals surface area (Å²) in [4.78, 5) is 5.47. The molecule has 0 aromatic carbocycles. The summed E-state index contributed by atoms with van der Waals surface area (Å²) in [5.41, 5.74) is 6.86. The molecular formula is C12H15N3O2S. The van der Waals surface area contributed by atoms with Crippen molar-refractivity contribution >= 4 is 16.3 Å². The molecule has 2 aromatic rings. The molecule has 0 bridgehead atoms. The fourth-order valence-corrected chi connectivity index (χ4v) is 3.03. The lowest BCUT2D eigenvalue weighted by Gasteiger charge is -2.18. The van der Waals surface area contributed by atoms with Gasteiger partial charge < -0.3 is 15.0 Å². The monoisotopic (exact) mass is 265 g/mol. The zero-order valence-corrected chi connectivity index (χ0v) is 11.0. The van der Waals surface area contributed by atoms with Crippen LogP contribution in [-0.4, -0.2) is 23.4 Å². The van der Waals surface area contributed by atoms with E-state index in [0.29, 0.717) is 11.8 Å². The molecule has 0 saturated carbocycles. The summed E-state index contributed by atoms with van der Waals surface area (Å²) in [6.45, 7) is 3.56. The first-order valence-electron chi connectivity index (χ1n) is 6.01. The highest BCUT2D eigenvalue weighted by molar-refractivity contribution is 7.19. The molecule has 1 aliphatic rings. The summed E-state index contributed by atoms with van der Waals surface area (Å²) in [7, 11) is 0. The Labute approximate surface area is 109 Å². The van der Waals surface area contributed by atoms with Crippen molar-refractivity contribution in [1.82, 2.24) is 10.1 Å². The van der Waals surface area contributed by atoms with E-state index in [1.165, 1.54) is 11.3 Å². The maximum atomic E-state index is 5.78. The number of rotatable bonds is 2. The third kappa shape index (κ3) is 2.13. The molecule has 3 heterocycles. The van der Waals surface area contributed by atoms with E-state index >= 15 is 0 Å². The molecule has 1 aliphatic heterocycles. The predicted molar refractivity (Wildman–Crippen MR) is 69.6 cm³/mol. The molecule has 0 atom stereocenters. The van der Waals surface area contributed by atoms with Gasteiger partial charge in [-0.3, -0.25) is 0 Å². The summed E-state index contributed by atoms with van der Waals surface area (Å²) >= 11 is 1.48. The van der Waals surface area contributed by atoms with Gasteiger partial charge in [0.1, 0.15) is 0 Å². The number of hydrogen-bond donors (Lipinski definition) is 1. The van der Waals surface area contributed by atoms with Crippen LogP contribution in [0.4, 0.5) is 5.00 Å². The second-order valence-electron chi connectivity index (χ2n) is 4.51. The summed E-state index contributed by atoms with van der Waals surface area (Å²) in [6, 6.07) is 1.93. The maximum Gasteiger partial charge on any atom is 0.268 e. The van der Waals surface area contributed by atoms with Crippen molar-refractivity contribution in [2.75, 3.05) is 18.9 Å². The smallest absolute Gasteiger partial charge is 0.268 e. The van der Waals surface area contributed by atoms with Gasteiger partial charge in [0, 0.05) is 19.1 Å². The minimum absolute atomic E-state index is 0.355. The van der Waals surface area contributed by atoms with Crippen LogP contribution in [0.15, 0.2) is 10.6 Å². The van der Waals surface area contributed by atoms with Crippen LogP contribution in [0, 0.1) is 6.92 Å². The Morgan fingerprint density at radius 2 is 2.17 bits per heavy atom. The fraction of sp³-hybridized carbons (Fsp3) is 0.500. The third-order valence-corrected chi connectivity index (χ3v) is 4.21. The molecule has 5 nitrogen and oxygen atoms in total. The molecule has 1 saturated heterocycles. The van der Waals surface area contributed by atoms with Crippen LogP contribution >= 0.6 is 11.3 Å². The van der Waals surface area contributed by atoms with E-state index in [-0.39, 0.29) is 0 Å². The van der Waals surface area contributed by atoms with Gasteiger partial charge in [-0.15, -0.1) is 11.3 Å². The summed E-state index contributed by atoms with van der Waals surface area (Å²) in [6.07, 6.45) is 1.93. The first-order chi connectivity index (χ1) is 8.74. The second-order valence-corrected chi connectivity index (χ2v) is 5.59. The van der Waals surface area contributed by atoms with Crippen LogP contribution < -0.4 is 5.73 Å². The molecule has 2 N–H and O–H groups in total. The average molecular weight is 265 g/mol. The lowest BCUT2D eigenvalue weighted by atomic mass is 10.00. The van der Waals surface area contributed by atoms with Gasteiger partial charge in [0.05, 0.1) is 9.88 Å². The molecule has 96 valence electrons. The highest BCUT2D eigenvalue weighted by atomic mass is 32.1. The SMILES string of the molecule is Cc1cc(N)sc1-c1nc(C2CCOCC2)no1. The van der Waals surface area contributed by atoms with Gasteiger partial charge in [0.15, 0.2) is 5.82 Å². The van der Waals surface area contributed by atoms with E-state index < -0.39 is 0 Å². The lowest BCUT2D eigenvalue weighted by Crippen LogP contribution is -2.15. The van der Waals surface area contributed by atoms with Crippen molar-refractivity contribution < 1.29 is 9.26 Å². The van der Waals surface area contributed by atoms with Gasteiger partial charge in [-0.25, -0.2) is 0 Å². The van der Waals surface area contributed by atoms with Gasteiger partial charge in [0.25, 0.3) is 5.89 Å². The molecule has 3 rings (SSSR count). The summed E-state index contributed by atoms with van der Waals surface area (Å²) in [5.74, 6) is 1.73. The summed E-state index contributed by atoms with van der Waals surface area (Å²) in [5, 5.41) is 4.86. The Kier molecular flexibility index (Phi) is 3.05. The second kappa shape index (κ2) is 4.70. The van der Waals surface area contributed by atoms with Crippen molar-refractivity contribution in [2.24, 2.45) is 0 Å². The van der Waals surface area contributed by atoms with Crippen LogP contribution in [0.2, 0.25) is 0 Å². The van der Waals surface area contributed by atoms with Crippen molar-refractivity contribution in [3.05, 3.63) is 17.5 Å². The van der Waals surface area contributed by atoms with E-state index in [4.69, 9.17) is 15.0 Å². The fourth-order valence-electron chi connectivity index (χ4n) is 2.17. The standard InChI is InChI=1S/C12H15N3O2S/c1-7-6-9(13)18-10(7)12-14-11(15-17-12)8-2-4-16-5-3-8/h6,8H,2-5,13H2,1H3. The normalized spacial score (nSPS) is 17.2. The number of nitrogens with zero attached hydrogens (tertiary/aromatic N) is 2. The van der Waals surface area contributed by atoms with Gasteiger partial charge in [-0.05, 0) is 31.4 Å². The number of aromatic nitrogens is 2.